The molecule has 0 aliphatic heterocycles. The van der Waals surface area contributed by atoms with E-state index in [-0.39, 0.29) is 5.91 Å². The van der Waals surface area contributed by atoms with Crippen LogP contribution in [-0.4, -0.2) is 10.9 Å². The molecule has 0 radical (unpaired) electrons. The third-order valence-electron chi connectivity index (χ3n) is 2.28. The predicted octanol–water partition coefficient (Wildman–Crippen LogP) is 3.44. The van der Waals surface area contributed by atoms with Crippen LogP contribution in [0.4, 0.5) is 11.4 Å². The monoisotopic (exact) mass is 369 g/mol. The number of nitrogens with one attached hydrogen (secondary N) is 1. The molecule has 0 atom stereocenters. The highest BCUT2D eigenvalue weighted by atomic mass is 79.9. The second-order valence-electron chi connectivity index (χ2n) is 3.54. The van der Waals surface area contributed by atoms with Crippen molar-refractivity contribution in [3.8, 4) is 0 Å². The predicted molar refractivity (Wildman–Crippen MR) is 78.4 cm³/mol. The van der Waals surface area contributed by atoms with Gasteiger partial charge in [-0.25, -0.2) is 0 Å². The van der Waals surface area contributed by atoms with Crippen molar-refractivity contribution >= 4 is 49.1 Å². The molecular formula is C12H9Br2N3O. The van der Waals surface area contributed by atoms with Crippen LogP contribution in [0.3, 0.4) is 0 Å². The van der Waals surface area contributed by atoms with Crippen molar-refractivity contribution < 1.29 is 4.79 Å². The van der Waals surface area contributed by atoms with Crippen LogP contribution in [0, 0.1) is 0 Å². The van der Waals surface area contributed by atoms with E-state index in [1.165, 1.54) is 6.20 Å². The van der Waals surface area contributed by atoms with Gasteiger partial charge in [0.05, 0.1) is 11.3 Å². The minimum Gasteiger partial charge on any atom is -0.398 e. The molecule has 0 saturated carbocycles. The van der Waals surface area contributed by atoms with Gasteiger partial charge in [-0.15, -0.1) is 0 Å². The molecule has 18 heavy (non-hydrogen) atoms. The fraction of sp³-hybridized carbons (Fsp3) is 0. The molecule has 4 nitrogen and oxygen atoms in total. The highest BCUT2D eigenvalue weighted by molar-refractivity contribution is 9.11. The Morgan fingerprint density at radius 2 is 2.06 bits per heavy atom. The average molecular weight is 371 g/mol. The van der Waals surface area contributed by atoms with E-state index in [0.717, 1.165) is 8.95 Å². The molecule has 2 aromatic rings. The lowest BCUT2D eigenvalue weighted by Gasteiger charge is -2.09. The maximum Gasteiger partial charge on any atom is 0.259 e. The summed E-state index contributed by atoms with van der Waals surface area (Å²) in [5, 5.41) is 2.77. The van der Waals surface area contributed by atoms with Gasteiger partial charge in [-0.05, 0) is 40.2 Å². The Bertz CT molecular complexity index is 602. The molecule has 0 saturated heterocycles. The molecule has 1 aromatic carbocycles. The van der Waals surface area contributed by atoms with Gasteiger partial charge < -0.3 is 11.1 Å². The summed E-state index contributed by atoms with van der Waals surface area (Å²) in [7, 11) is 0. The zero-order valence-electron chi connectivity index (χ0n) is 9.15. The van der Waals surface area contributed by atoms with Gasteiger partial charge in [-0.3, -0.25) is 9.78 Å². The van der Waals surface area contributed by atoms with Gasteiger partial charge >= 0.3 is 0 Å². The first-order valence-corrected chi connectivity index (χ1v) is 6.62. The number of nitrogens with zero attached hydrogens (tertiary/aromatic N) is 1. The molecule has 1 aromatic heterocycles. The smallest absolute Gasteiger partial charge is 0.259 e. The quantitative estimate of drug-likeness (QED) is 0.850. The fourth-order valence-electron chi connectivity index (χ4n) is 1.38. The zero-order chi connectivity index (χ0) is 13.1. The molecule has 1 heterocycles. The molecule has 2 rings (SSSR count). The number of nitrogens with two attached hydrogens (primary N) is 1. The maximum absolute atomic E-state index is 12.0. The van der Waals surface area contributed by atoms with E-state index in [9.17, 15) is 4.79 Å². The van der Waals surface area contributed by atoms with E-state index in [1.54, 1.807) is 18.3 Å². The zero-order valence-corrected chi connectivity index (χ0v) is 12.3. The highest BCUT2D eigenvalue weighted by Crippen LogP contribution is 2.26. The highest BCUT2D eigenvalue weighted by Gasteiger charge is 2.11. The number of rotatable bonds is 2. The molecule has 0 aliphatic rings. The van der Waals surface area contributed by atoms with E-state index in [2.05, 4.69) is 42.2 Å². The van der Waals surface area contributed by atoms with Crippen molar-refractivity contribution in [2.75, 3.05) is 11.1 Å². The molecule has 6 heteroatoms. The van der Waals surface area contributed by atoms with Crippen LogP contribution in [0.25, 0.3) is 0 Å². The number of anilines is 2. The van der Waals surface area contributed by atoms with Gasteiger partial charge in [0.1, 0.15) is 0 Å². The number of carbonyl (C=O) groups is 1. The number of hydrogen-bond acceptors (Lipinski definition) is 3. The normalized spacial score (nSPS) is 10.1. The third kappa shape index (κ3) is 2.88. The minimum atomic E-state index is -0.292. The van der Waals surface area contributed by atoms with Crippen LogP contribution in [0.1, 0.15) is 10.4 Å². The van der Waals surface area contributed by atoms with Crippen LogP contribution < -0.4 is 11.1 Å². The van der Waals surface area contributed by atoms with Crippen LogP contribution in [0.2, 0.25) is 0 Å². The summed E-state index contributed by atoms with van der Waals surface area (Å²) in [6, 6.07) is 7.10. The summed E-state index contributed by atoms with van der Waals surface area (Å²) in [6.07, 6.45) is 2.98. The molecule has 1 amide bonds. The van der Waals surface area contributed by atoms with Crippen molar-refractivity contribution in [2.45, 2.75) is 0 Å². The molecule has 92 valence electrons. The lowest BCUT2D eigenvalue weighted by Crippen LogP contribution is -2.14. The number of carbonyl (C=O) groups excluding carboxylic acids is 1. The summed E-state index contributed by atoms with van der Waals surface area (Å²) >= 11 is 6.72. The van der Waals surface area contributed by atoms with Crippen LogP contribution in [0.15, 0.2) is 45.6 Å². The van der Waals surface area contributed by atoms with Gasteiger partial charge in [-0.1, -0.05) is 15.9 Å². The lowest BCUT2D eigenvalue weighted by molar-refractivity contribution is 0.102. The third-order valence-corrected chi connectivity index (χ3v) is 3.46. The number of amides is 1. The number of benzene rings is 1. The first kappa shape index (κ1) is 13.0. The van der Waals surface area contributed by atoms with Gasteiger partial charge in [0.2, 0.25) is 0 Å². The van der Waals surface area contributed by atoms with Crippen molar-refractivity contribution in [3.63, 3.8) is 0 Å². The lowest BCUT2D eigenvalue weighted by atomic mass is 10.2. The van der Waals surface area contributed by atoms with E-state index >= 15 is 0 Å². The fourth-order valence-corrected chi connectivity index (χ4v) is 2.08. The van der Waals surface area contributed by atoms with Crippen LogP contribution in [-0.2, 0) is 0 Å². The summed E-state index contributed by atoms with van der Waals surface area (Å²) in [6.45, 7) is 0. The number of nitrogen functional groups attached to an aromatic ring is 1. The summed E-state index contributed by atoms with van der Waals surface area (Å²) < 4.78 is 1.67. The molecule has 0 fully saturated rings. The standard InChI is InChI=1S/C12H9Br2N3O/c13-7-1-2-9(14)11(5-7)17-12(18)8-6-16-4-3-10(8)15/h1-6H,(H2,15,16)(H,17,18). The Morgan fingerprint density at radius 1 is 1.28 bits per heavy atom. The summed E-state index contributed by atoms with van der Waals surface area (Å²) in [5.74, 6) is -0.292. The van der Waals surface area contributed by atoms with Gasteiger partial charge in [0.25, 0.3) is 5.91 Å². The van der Waals surface area contributed by atoms with Crippen LogP contribution in [0.5, 0.6) is 0 Å². The largest absolute Gasteiger partial charge is 0.398 e. The Kier molecular flexibility index (Phi) is 3.98. The number of aromatic nitrogens is 1. The Labute approximate surface area is 121 Å². The molecule has 0 unspecified atom stereocenters. The average Bonchev–Trinajstić information content (AvgIpc) is 2.34. The van der Waals surface area contributed by atoms with E-state index < -0.39 is 0 Å². The summed E-state index contributed by atoms with van der Waals surface area (Å²) in [5.41, 5.74) is 7.13. The summed E-state index contributed by atoms with van der Waals surface area (Å²) in [4.78, 5) is 15.9. The molecule has 0 spiro atoms. The first-order chi connectivity index (χ1) is 8.58. The van der Waals surface area contributed by atoms with Gasteiger partial charge in [0, 0.05) is 27.0 Å². The SMILES string of the molecule is Nc1ccncc1C(=O)Nc1cc(Br)ccc1Br. The maximum atomic E-state index is 12.0. The second-order valence-corrected chi connectivity index (χ2v) is 5.31. The minimum absolute atomic E-state index is 0.292. The first-order valence-electron chi connectivity index (χ1n) is 5.04. The Morgan fingerprint density at radius 3 is 2.78 bits per heavy atom. The van der Waals surface area contributed by atoms with Crippen molar-refractivity contribution in [3.05, 3.63) is 51.2 Å². The van der Waals surface area contributed by atoms with E-state index in [0.29, 0.717) is 16.9 Å². The number of hydrogen-bond donors (Lipinski definition) is 2. The van der Waals surface area contributed by atoms with Crippen molar-refractivity contribution in [1.82, 2.24) is 4.98 Å². The Hall–Kier alpha value is -1.40. The molecule has 0 aliphatic carbocycles. The Balaban J connectivity index is 2.27. The van der Waals surface area contributed by atoms with E-state index in [4.69, 9.17) is 5.73 Å². The van der Waals surface area contributed by atoms with Gasteiger partial charge in [-0.2, -0.15) is 0 Å². The van der Waals surface area contributed by atoms with E-state index in [1.807, 2.05) is 12.1 Å². The topological polar surface area (TPSA) is 68.0 Å². The molecule has 0 bridgehead atoms. The molecule has 3 N–H and O–H groups in total. The number of pyridine rings is 1. The van der Waals surface area contributed by atoms with Crippen LogP contribution >= 0.6 is 31.9 Å². The van der Waals surface area contributed by atoms with Crippen molar-refractivity contribution in [2.24, 2.45) is 0 Å². The van der Waals surface area contributed by atoms with Crippen molar-refractivity contribution in [1.29, 1.82) is 0 Å². The second kappa shape index (κ2) is 5.49. The number of halogens is 2. The van der Waals surface area contributed by atoms with Gasteiger partial charge in [0.15, 0.2) is 0 Å². The molecular weight excluding hydrogens is 362 g/mol.